The van der Waals surface area contributed by atoms with Crippen LogP contribution in [0.4, 0.5) is 5.82 Å². The van der Waals surface area contributed by atoms with E-state index in [0.717, 1.165) is 17.7 Å². The van der Waals surface area contributed by atoms with Crippen LogP contribution in [0.15, 0.2) is 30.3 Å². The van der Waals surface area contributed by atoms with Crippen LogP contribution in [0.2, 0.25) is 0 Å². The molecule has 1 aromatic carbocycles. The van der Waals surface area contributed by atoms with Gasteiger partial charge in [0.05, 0.1) is 16.8 Å². The monoisotopic (exact) mass is 382 g/mol. The molecule has 6 N–H and O–H groups in total. The number of anilines is 1. The minimum Gasteiger partial charge on any atom is -0.508 e. The molecule has 0 aliphatic rings. The van der Waals surface area contributed by atoms with Gasteiger partial charge < -0.3 is 21.7 Å². The molecular weight excluding hydrogens is 356 g/mol. The molecule has 0 saturated carbocycles. The fourth-order valence-corrected chi connectivity index (χ4v) is 3.40. The first kappa shape index (κ1) is 19.7. The molecule has 3 aromatic rings. The molecule has 0 bridgehead atoms. The van der Waals surface area contributed by atoms with Gasteiger partial charge in [-0.1, -0.05) is 6.07 Å². The van der Waals surface area contributed by atoms with Crippen molar-refractivity contribution in [3.63, 3.8) is 0 Å². The van der Waals surface area contributed by atoms with Crippen LogP contribution in [0.1, 0.15) is 48.3 Å². The Hall–Kier alpha value is -3.06. The summed E-state index contributed by atoms with van der Waals surface area (Å²) in [7, 11) is 0. The van der Waals surface area contributed by atoms with Crippen LogP contribution in [0.5, 0.6) is 5.75 Å². The van der Waals surface area contributed by atoms with Gasteiger partial charge in [0, 0.05) is 11.8 Å². The maximum Gasteiger partial charge on any atom is 0.254 e. The van der Waals surface area contributed by atoms with Gasteiger partial charge in [0.15, 0.2) is 0 Å². The van der Waals surface area contributed by atoms with Gasteiger partial charge in [0.2, 0.25) is 0 Å². The quantitative estimate of drug-likeness (QED) is 0.521. The van der Waals surface area contributed by atoms with Gasteiger partial charge >= 0.3 is 0 Å². The molecule has 3 rings (SSSR count). The average molecular weight is 382 g/mol. The number of rotatable bonds is 6. The van der Waals surface area contributed by atoms with Crippen molar-refractivity contribution in [1.82, 2.24) is 9.55 Å². The van der Waals surface area contributed by atoms with Crippen molar-refractivity contribution < 1.29 is 15.0 Å². The van der Waals surface area contributed by atoms with Gasteiger partial charge in [0.1, 0.15) is 22.6 Å². The number of aryl methyl sites for hydroxylation is 2. The third-order valence-electron chi connectivity index (χ3n) is 4.81. The smallest absolute Gasteiger partial charge is 0.254 e. The average Bonchev–Trinajstić information content (AvgIpc) is 2.87. The van der Waals surface area contributed by atoms with E-state index in [1.165, 1.54) is 0 Å². The number of fused-ring (bicyclic) bond motifs is 1. The second kappa shape index (κ2) is 7.16. The van der Waals surface area contributed by atoms with E-state index in [9.17, 15) is 15.0 Å². The van der Waals surface area contributed by atoms with E-state index in [1.54, 1.807) is 36.6 Å². The number of primary amides is 1. The lowest BCUT2D eigenvalue weighted by Crippen LogP contribution is -2.18. The molecule has 2 heterocycles. The van der Waals surface area contributed by atoms with Crippen molar-refractivity contribution in [3.8, 4) is 11.4 Å². The van der Waals surface area contributed by atoms with Crippen molar-refractivity contribution in [3.05, 3.63) is 47.2 Å². The molecule has 0 aliphatic carbocycles. The van der Waals surface area contributed by atoms with Crippen LogP contribution in [-0.4, -0.2) is 31.3 Å². The van der Waals surface area contributed by atoms with Crippen LogP contribution in [0.25, 0.3) is 16.7 Å². The fraction of sp³-hybridized carbons (Fsp3) is 0.333. The fourth-order valence-electron chi connectivity index (χ4n) is 3.40. The van der Waals surface area contributed by atoms with Crippen LogP contribution >= 0.6 is 0 Å². The Balaban J connectivity index is 2.13. The Morgan fingerprint density at radius 3 is 2.61 bits per heavy atom. The predicted octanol–water partition coefficient (Wildman–Crippen LogP) is 2.81. The van der Waals surface area contributed by atoms with E-state index < -0.39 is 11.5 Å². The molecule has 0 unspecified atom stereocenters. The van der Waals surface area contributed by atoms with Crippen molar-refractivity contribution in [2.75, 3.05) is 5.73 Å². The number of aliphatic hydroxyl groups is 1. The molecule has 0 spiro atoms. The van der Waals surface area contributed by atoms with Gasteiger partial charge in [0.25, 0.3) is 5.91 Å². The van der Waals surface area contributed by atoms with Crippen molar-refractivity contribution in [2.24, 2.45) is 5.73 Å². The minimum atomic E-state index is -0.733. The largest absolute Gasteiger partial charge is 0.508 e. The first-order valence-corrected chi connectivity index (χ1v) is 9.20. The maximum absolute atomic E-state index is 12.1. The number of pyridine rings is 1. The highest BCUT2D eigenvalue weighted by Gasteiger charge is 2.23. The van der Waals surface area contributed by atoms with Gasteiger partial charge in [-0.2, -0.15) is 0 Å². The molecule has 0 saturated heterocycles. The van der Waals surface area contributed by atoms with E-state index >= 15 is 0 Å². The van der Waals surface area contributed by atoms with Crippen LogP contribution in [0.3, 0.4) is 0 Å². The number of nitrogens with two attached hydrogens (primary N) is 2. The number of hydrogen-bond donors (Lipinski definition) is 4. The summed E-state index contributed by atoms with van der Waals surface area (Å²) in [5, 5.41) is 19.8. The maximum atomic E-state index is 12.1. The lowest BCUT2D eigenvalue weighted by Gasteiger charge is -2.16. The first-order chi connectivity index (χ1) is 13.1. The summed E-state index contributed by atoms with van der Waals surface area (Å²) in [4.78, 5) is 16.7. The Bertz CT molecular complexity index is 1050. The third-order valence-corrected chi connectivity index (χ3v) is 4.81. The number of carbonyl (C=O) groups excluding carboxylic acids is 1. The van der Waals surface area contributed by atoms with E-state index in [0.29, 0.717) is 29.6 Å². The second-order valence-electron chi connectivity index (χ2n) is 7.77. The number of amides is 1. The standard InChI is InChI=1S/C21H26N4O3/c1-12-6-8-14(26)11-16(12)25-15-9-7-13(5-4-10-21(2,3)28)24-18(15)17(19(25)22)20(23)27/h6-9,11,26,28H,4-5,10,22H2,1-3H3,(H2,23,27). The molecule has 7 nitrogen and oxygen atoms in total. The molecule has 7 heteroatoms. The number of carbonyl (C=O) groups is 1. The zero-order chi connectivity index (χ0) is 20.6. The lowest BCUT2D eigenvalue weighted by atomic mass is 10.0. The number of nitrogen functional groups attached to an aromatic ring is 1. The van der Waals surface area contributed by atoms with Crippen LogP contribution in [-0.2, 0) is 6.42 Å². The highest BCUT2D eigenvalue weighted by molar-refractivity contribution is 6.10. The number of phenolic OH excluding ortho intramolecular Hbond substituents is 1. The highest BCUT2D eigenvalue weighted by Crippen LogP contribution is 2.33. The summed E-state index contributed by atoms with van der Waals surface area (Å²) < 4.78 is 1.69. The molecule has 0 fully saturated rings. The van der Waals surface area contributed by atoms with Gasteiger partial charge in [-0.3, -0.25) is 14.3 Å². The summed E-state index contributed by atoms with van der Waals surface area (Å²) in [5.41, 5.74) is 14.7. The molecule has 0 aliphatic heterocycles. The van der Waals surface area contributed by atoms with E-state index in [1.807, 2.05) is 19.1 Å². The molecule has 28 heavy (non-hydrogen) atoms. The van der Waals surface area contributed by atoms with Gasteiger partial charge in [-0.15, -0.1) is 0 Å². The van der Waals surface area contributed by atoms with Crippen molar-refractivity contribution >= 4 is 22.8 Å². The topological polar surface area (TPSA) is 127 Å². The summed E-state index contributed by atoms with van der Waals surface area (Å²) in [6.45, 7) is 5.43. The van der Waals surface area contributed by atoms with E-state index in [4.69, 9.17) is 11.5 Å². The SMILES string of the molecule is Cc1ccc(O)cc1-n1c(N)c(C(N)=O)c2nc(CCCC(C)(C)O)ccc21. The Morgan fingerprint density at radius 2 is 1.96 bits per heavy atom. The minimum absolute atomic E-state index is 0.0960. The van der Waals surface area contributed by atoms with Crippen LogP contribution in [0, 0.1) is 6.92 Å². The molecule has 2 aromatic heterocycles. The highest BCUT2D eigenvalue weighted by atomic mass is 16.3. The summed E-state index contributed by atoms with van der Waals surface area (Å²) in [5.74, 6) is -0.365. The van der Waals surface area contributed by atoms with Gasteiger partial charge in [-0.25, -0.2) is 0 Å². The molecule has 1 amide bonds. The molecule has 148 valence electrons. The first-order valence-electron chi connectivity index (χ1n) is 9.20. The molecule has 0 radical (unpaired) electrons. The number of aromatic hydroxyl groups is 1. The van der Waals surface area contributed by atoms with Crippen molar-refractivity contribution in [1.29, 1.82) is 0 Å². The number of phenols is 1. The second-order valence-corrected chi connectivity index (χ2v) is 7.77. The number of aromatic nitrogens is 2. The number of benzene rings is 1. The van der Waals surface area contributed by atoms with Gasteiger partial charge in [-0.05, 0) is 63.8 Å². The van der Waals surface area contributed by atoms with Crippen LogP contribution < -0.4 is 11.5 Å². The number of hydrogen-bond acceptors (Lipinski definition) is 5. The Kier molecular flexibility index (Phi) is 5.04. The Morgan fingerprint density at radius 1 is 1.25 bits per heavy atom. The number of nitrogens with zero attached hydrogens (tertiary/aromatic N) is 2. The predicted molar refractivity (Wildman–Crippen MR) is 110 cm³/mol. The zero-order valence-corrected chi connectivity index (χ0v) is 16.4. The zero-order valence-electron chi connectivity index (χ0n) is 16.4. The summed E-state index contributed by atoms with van der Waals surface area (Å²) in [6.07, 6.45) is 2.06. The Labute approximate surface area is 163 Å². The molecular formula is C21H26N4O3. The van der Waals surface area contributed by atoms with Crippen molar-refractivity contribution in [2.45, 2.75) is 45.6 Å². The normalized spacial score (nSPS) is 11.9. The summed E-state index contributed by atoms with van der Waals surface area (Å²) in [6, 6.07) is 8.69. The van der Waals surface area contributed by atoms with E-state index in [2.05, 4.69) is 4.98 Å². The molecule has 0 atom stereocenters. The lowest BCUT2D eigenvalue weighted by molar-refractivity contribution is 0.0689. The third kappa shape index (κ3) is 3.80. The summed E-state index contributed by atoms with van der Waals surface area (Å²) >= 11 is 0. The van der Waals surface area contributed by atoms with E-state index in [-0.39, 0.29) is 17.1 Å².